The summed E-state index contributed by atoms with van der Waals surface area (Å²) in [6, 6.07) is 40.2. The number of imide groups is 1. The zero-order valence-corrected chi connectivity index (χ0v) is 27.2. The van der Waals surface area contributed by atoms with Crippen LogP contribution < -0.4 is 10.4 Å². The minimum atomic E-state index is -2.85. The number of rotatable bonds is 12. The highest BCUT2D eigenvalue weighted by molar-refractivity contribution is 6.99. The molecule has 232 valence electrons. The van der Waals surface area contributed by atoms with E-state index in [0.29, 0.717) is 13.0 Å². The zero-order valence-electron chi connectivity index (χ0n) is 26.2. The van der Waals surface area contributed by atoms with Gasteiger partial charge in [0.2, 0.25) is 0 Å². The molecule has 0 spiro atoms. The number of carbonyl (C=O) groups excluding carboxylic acids is 2. The van der Waals surface area contributed by atoms with Crippen molar-refractivity contribution < 1.29 is 23.5 Å². The quantitative estimate of drug-likeness (QED) is 0.138. The monoisotopic (exact) mass is 619 g/mol. The van der Waals surface area contributed by atoms with Gasteiger partial charge in [0.05, 0.1) is 25.4 Å². The fraction of sp³-hybridized carbons (Fsp3) is 0.263. The molecule has 0 unspecified atom stereocenters. The average Bonchev–Trinajstić information content (AvgIpc) is 3.42. The maximum absolute atomic E-state index is 13.5. The van der Waals surface area contributed by atoms with Crippen LogP contribution in [0.1, 0.15) is 31.9 Å². The Kier molecular flexibility index (Phi) is 10.5. The van der Waals surface area contributed by atoms with Crippen molar-refractivity contribution in [2.45, 2.75) is 51.0 Å². The van der Waals surface area contributed by atoms with Crippen molar-refractivity contribution in [3.8, 4) is 0 Å². The summed E-state index contributed by atoms with van der Waals surface area (Å²) in [5.41, 5.74) is 2.05. The highest BCUT2D eigenvalue weighted by atomic mass is 28.4. The number of benzene rings is 4. The average molecular weight is 620 g/mol. The van der Waals surface area contributed by atoms with E-state index in [1.807, 2.05) is 72.8 Å². The second kappa shape index (κ2) is 14.7. The van der Waals surface area contributed by atoms with Crippen LogP contribution in [0.5, 0.6) is 0 Å². The molecule has 0 radical (unpaired) electrons. The third kappa shape index (κ3) is 7.68. The SMILES string of the molecule is CC(C)(C)[Si](OC[C@H](/C=C/C(=O)N1C(=O)OC[C@@H]1Cc1ccccc1)OCc1ccccc1)(c1ccccc1)c1ccccc1. The largest absolute Gasteiger partial charge is 0.447 e. The molecule has 1 fully saturated rings. The van der Waals surface area contributed by atoms with Crippen LogP contribution in [0.2, 0.25) is 5.04 Å². The Bertz CT molecular complexity index is 1520. The Morgan fingerprint density at radius 2 is 1.36 bits per heavy atom. The van der Waals surface area contributed by atoms with Crippen LogP contribution in [0.3, 0.4) is 0 Å². The first-order chi connectivity index (χ1) is 21.8. The van der Waals surface area contributed by atoms with E-state index in [9.17, 15) is 9.59 Å². The predicted octanol–water partition coefficient (Wildman–Crippen LogP) is 6.29. The molecule has 5 rings (SSSR count). The van der Waals surface area contributed by atoms with Gasteiger partial charge in [-0.1, -0.05) is 142 Å². The van der Waals surface area contributed by atoms with E-state index in [1.54, 1.807) is 6.08 Å². The summed E-state index contributed by atoms with van der Waals surface area (Å²) in [6.07, 6.45) is 2.48. The molecule has 1 heterocycles. The standard InChI is InChI=1S/C38H41NO5Si/c1-38(2,3)45(34-20-12-6-13-21-34,35-22-14-7-15-23-35)44-29-33(42-27-31-18-10-5-11-19-31)24-25-36(40)39-32(28-43-37(39)41)26-30-16-8-4-9-17-30/h4-25,32-33H,26-29H2,1-3H3/b25-24+/t32-,33-/m0/s1. The number of nitrogens with zero attached hydrogens (tertiary/aromatic N) is 1. The van der Waals surface area contributed by atoms with Gasteiger partial charge in [-0.25, -0.2) is 9.69 Å². The summed E-state index contributed by atoms with van der Waals surface area (Å²) in [7, 11) is -2.85. The molecule has 4 aromatic rings. The topological polar surface area (TPSA) is 65.1 Å². The van der Waals surface area contributed by atoms with Crippen LogP contribution in [0, 0.1) is 0 Å². The molecular weight excluding hydrogens is 579 g/mol. The fourth-order valence-corrected chi connectivity index (χ4v) is 10.5. The third-order valence-electron chi connectivity index (χ3n) is 8.15. The molecule has 1 aliphatic rings. The minimum absolute atomic E-state index is 0.165. The lowest BCUT2D eigenvalue weighted by atomic mass is 10.1. The first-order valence-electron chi connectivity index (χ1n) is 15.4. The first kappa shape index (κ1) is 32.1. The van der Waals surface area contributed by atoms with Gasteiger partial charge in [0.15, 0.2) is 0 Å². The summed E-state index contributed by atoms with van der Waals surface area (Å²) in [5, 5.41) is 2.10. The normalized spacial score (nSPS) is 16.1. The second-order valence-corrected chi connectivity index (χ2v) is 16.6. The molecule has 1 aliphatic heterocycles. The number of carbonyl (C=O) groups is 2. The number of cyclic esters (lactones) is 1. The van der Waals surface area contributed by atoms with Crippen molar-refractivity contribution >= 4 is 30.7 Å². The smallest absolute Gasteiger partial charge is 0.417 e. The van der Waals surface area contributed by atoms with Crippen molar-refractivity contribution in [3.63, 3.8) is 0 Å². The molecule has 7 heteroatoms. The van der Waals surface area contributed by atoms with Gasteiger partial charge in [-0.3, -0.25) is 4.79 Å². The van der Waals surface area contributed by atoms with Crippen LogP contribution in [-0.4, -0.2) is 50.6 Å². The van der Waals surface area contributed by atoms with Crippen molar-refractivity contribution in [2.75, 3.05) is 13.2 Å². The second-order valence-electron chi connectivity index (χ2n) is 12.3. The molecule has 0 bridgehead atoms. The van der Waals surface area contributed by atoms with Crippen molar-refractivity contribution in [2.24, 2.45) is 0 Å². The lowest BCUT2D eigenvalue weighted by Crippen LogP contribution is -2.67. The van der Waals surface area contributed by atoms with E-state index in [-0.39, 0.29) is 24.3 Å². The first-order valence-corrected chi connectivity index (χ1v) is 17.3. The third-order valence-corrected chi connectivity index (χ3v) is 13.2. The van der Waals surface area contributed by atoms with E-state index >= 15 is 0 Å². The number of amides is 2. The van der Waals surface area contributed by atoms with Gasteiger partial charge >= 0.3 is 6.09 Å². The summed E-state index contributed by atoms with van der Waals surface area (Å²) in [6.45, 7) is 7.41. The van der Waals surface area contributed by atoms with E-state index in [2.05, 4.69) is 69.3 Å². The molecular formula is C38H41NO5Si. The Labute approximate surface area is 267 Å². The molecule has 0 N–H and O–H groups in total. The van der Waals surface area contributed by atoms with E-state index < -0.39 is 26.4 Å². The highest BCUT2D eigenvalue weighted by Gasteiger charge is 2.50. The van der Waals surface area contributed by atoms with E-state index in [1.165, 1.54) is 11.0 Å². The van der Waals surface area contributed by atoms with Crippen molar-refractivity contribution in [3.05, 3.63) is 145 Å². The Morgan fingerprint density at radius 3 is 1.89 bits per heavy atom. The molecule has 0 saturated carbocycles. The lowest BCUT2D eigenvalue weighted by Gasteiger charge is -2.43. The van der Waals surface area contributed by atoms with Gasteiger partial charge < -0.3 is 13.9 Å². The fourth-order valence-electron chi connectivity index (χ4n) is 5.94. The van der Waals surface area contributed by atoms with Gasteiger partial charge in [0.1, 0.15) is 6.61 Å². The molecule has 0 aliphatic carbocycles. The van der Waals surface area contributed by atoms with Crippen LogP contribution >= 0.6 is 0 Å². The molecule has 2 amide bonds. The molecule has 45 heavy (non-hydrogen) atoms. The van der Waals surface area contributed by atoms with Gasteiger partial charge in [0.25, 0.3) is 14.2 Å². The van der Waals surface area contributed by atoms with Crippen molar-refractivity contribution in [1.29, 1.82) is 0 Å². The summed E-state index contributed by atoms with van der Waals surface area (Å²) >= 11 is 0. The molecule has 1 saturated heterocycles. The molecule has 0 aromatic heterocycles. The maximum atomic E-state index is 13.5. The molecule has 2 atom stereocenters. The van der Waals surface area contributed by atoms with Gasteiger partial charge in [-0.2, -0.15) is 0 Å². The van der Waals surface area contributed by atoms with Gasteiger partial charge in [0, 0.05) is 6.08 Å². The van der Waals surface area contributed by atoms with Crippen LogP contribution in [0.4, 0.5) is 4.79 Å². The minimum Gasteiger partial charge on any atom is -0.447 e. The molecule has 4 aromatic carbocycles. The van der Waals surface area contributed by atoms with Crippen LogP contribution in [0.25, 0.3) is 0 Å². The number of hydrogen-bond donors (Lipinski definition) is 0. The van der Waals surface area contributed by atoms with E-state index in [4.69, 9.17) is 13.9 Å². The molecule has 6 nitrogen and oxygen atoms in total. The summed E-state index contributed by atoms with van der Waals surface area (Å²) in [4.78, 5) is 27.3. The maximum Gasteiger partial charge on any atom is 0.417 e. The number of ether oxygens (including phenoxy) is 2. The zero-order chi connectivity index (χ0) is 31.7. The van der Waals surface area contributed by atoms with Gasteiger partial charge in [-0.05, 0) is 39.0 Å². The summed E-state index contributed by atoms with van der Waals surface area (Å²) < 4.78 is 18.8. The highest BCUT2D eigenvalue weighted by Crippen LogP contribution is 2.37. The van der Waals surface area contributed by atoms with E-state index in [0.717, 1.165) is 21.5 Å². The van der Waals surface area contributed by atoms with Crippen LogP contribution in [0.15, 0.2) is 133 Å². The van der Waals surface area contributed by atoms with Crippen molar-refractivity contribution in [1.82, 2.24) is 4.90 Å². The number of hydrogen-bond acceptors (Lipinski definition) is 5. The Balaban J connectivity index is 1.42. The Morgan fingerprint density at radius 1 is 0.844 bits per heavy atom. The summed E-state index contributed by atoms with van der Waals surface area (Å²) in [5.74, 6) is -0.433. The Hall–Kier alpha value is -4.30. The predicted molar refractivity (Wildman–Crippen MR) is 180 cm³/mol. The van der Waals surface area contributed by atoms with Crippen LogP contribution in [-0.2, 0) is 31.7 Å². The lowest BCUT2D eigenvalue weighted by molar-refractivity contribution is -0.124. The van der Waals surface area contributed by atoms with Gasteiger partial charge in [-0.15, -0.1) is 0 Å².